The van der Waals surface area contributed by atoms with Gasteiger partial charge in [-0.2, -0.15) is 12.6 Å². The van der Waals surface area contributed by atoms with Gasteiger partial charge in [0.25, 0.3) is 0 Å². The predicted molar refractivity (Wildman–Crippen MR) is 89.6 cm³/mol. The normalized spacial score (nSPS) is 32.5. The molecule has 20 heavy (non-hydrogen) atoms. The van der Waals surface area contributed by atoms with Crippen molar-refractivity contribution in [3.63, 3.8) is 0 Å². The summed E-state index contributed by atoms with van der Waals surface area (Å²) in [5.74, 6) is 1.10. The van der Waals surface area contributed by atoms with Crippen LogP contribution in [0.2, 0.25) is 0 Å². The average Bonchev–Trinajstić information content (AvgIpc) is 3.08. The first-order valence-corrected chi connectivity index (χ1v) is 9.52. The van der Waals surface area contributed by atoms with E-state index >= 15 is 0 Å². The van der Waals surface area contributed by atoms with Crippen LogP contribution in [0, 0.1) is 5.41 Å². The summed E-state index contributed by atoms with van der Waals surface area (Å²) in [6.45, 7) is 6.69. The van der Waals surface area contributed by atoms with Crippen LogP contribution in [-0.2, 0) is 0 Å². The van der Waals surface area contributed by atoms with Crippen molar-refractivity contribution in [3.05, 3.63) is 0 Å². The van der Waals surface area contributed by atoms with Gasteiger partial charge in [-0.1, -0.05) is 25.7 Å². The van der Waals surface area contributed by atoms with Gasteiger partial charge in [-0.15, -0.1) is 0 Å². The van der Waals surface area contributed by atoms with Crippen LogP contribution in [0.25, 0.3) is 0 Å². The maximum atomic E-state index is 4.74. The van der Waals surface area contributed by atoms with Gasteiger partial charge >= 0.3 is 0 Å². The van der Waals surface area contributed by atoms with Crippen molar-refractivity contribution in [2.75, 3.05) is 38.5 Å². The van der Waals surface area contributed by atoms with E-state index in [0.717, 1.165) is 11.8 Å². The van der Waals surface area contributed by atoms with Gasteiger partial charge in [0.05, 0.1) is 0 Å². The third kappa shape index (κ3) is 3.53. The van der Waals surface area contributed by atoms with Crippen molar-refractivity contribution in [1.82, 2.24) is 9.80 Å². The van der Waals surface area contributed by atoms with Crippen LogP contribution in [0.3, 0.4) is 0 Å². The highest BCUT2D eigenvalue weighted by Gasteiger charge is 2.36. The zero-order valence-electron chi connectivity index (χ0n) is 13.0. The summed E-state index contributed by atoms with van der Waals surface area (Å²) in [5.41, 5.74) is 0.527. The standard InChI is InChI=1S/C17H32N2S/c20-15-17(8-3-1-2-4-9-17)14-18-12-7-16(13-18)19-10-5-6-11-19/h16,20H,1-15H2. The molecule has 3 fully saturated rings. The van der Waals surface area contributed by atoms with E-state index in [4.69, 9.17) is 12.6 Å². The Bertz CT molecular complexity index is 293. The Balaban J connectivity index is 1.54. The summed E-state index contributed by atoms with van der Waals surface area (Å²) in [6.07, 6.45) is 12.9. The van der Waals surface area contributed by atoms with E-state index in [1.807, 2.05) is 0 Å². The Kier molecular flexibility index (Phi) is 5.33. The Labute approximate surface area is 130 Å². The van der Waals surface area contributed by atoms with Crippen molar-refractivity contribution in [2.45, 2.75) is 63.8 Å². The number of rotatable bonds is 4. The molecule has 0 amide bonds. The molecule has 2 heterocycles. The molecule has 2 aliphatic heterocycles. The highest BCUT2D eigenvalue weighted by molar-refractivity contribution is 7.80. The van der Waals surface area contributed by atoms with E-state index < -0.39 is 0 Å². The van der Waals surface area contributed by atoms with E-state index in [-0.39, 0.29) is 0 Å². The number of hydrogen-bond acceptors (Lipinski definition) is 3. The van der Waals surface area contributed by atoms with E-state index in [9.17, 15) is 0 Å². The molecule has 1 atom stereocenters. The highest BCUT2D eigenvalue weighted by atomic mass is 32.1. The van der Waals surface area contributed by atoms with Gasteiger partial charge in [0.1, 0.15) is 0 Å². The largest absolute Gasteiger partial charge is 0.301 e. The summed E-state index contributed by atoms with van der Waals surface area (Å²) in [5, 5.41) is 0. The molecule has 0 aromatic heterocycles. The molecule has 3 aliphatic rings. The molecule has 3 rings (SSSR count). The van der Waals surface area contributed by atoms with Gasteiger partial charge in [0.15, 0.2) is 0 Å². The van der Waals surface area contributed by atoms with Gasteiger partial charge in [0, 0.05) is 19.1 Å². The molecule has 0 radical (unpaired) electrons. The average molecular weight is 297 g/mol. The minimum atomic E-state index is 0.527. The van der Waals surface area contributed by atoms with Crippen LogP contribution in [-0.4, -0.2) is 54.3 Å². The maximum absolute atomic E-state index is 4.74. The van der Waals surface area contributed by atoms with Gasteiger partial charge in [-0.05, 0) is 62.9 Å². The number of nitrogens with zero attached hydrogens (tertiary/aromatic N) is 2. The minimum absolute atomic E-state index is 0.527. The Morgan fingerprint density at radius 3 is 2.25 bits per heavy atom. The zero-order chi connectivity index (χ0) is 13.8. The van der Waals surface area contributed by atoms with Gasteiger partial charge in [0.2, 0.25) is 0 Å². The monoisotopic (exact) mass is 296 g/mol. The van der Waals surface area contributed by atoms with Gasteiger partial charge in [-0.3, -0.25) is 4.90 Å². The lowest BCUT2D eigenvalue weighted by atomic mass is 9.82. The van der Waals surface area contributed by atoms with Crippen molar-refractivity contribution < 1.29 is 0 Å². The third-order valence-electron chi connectivity index (χ3n) is 5.96. The lowest BCUT2D eigenvalue weighted by molar-refractivity contribution is 0.160. The van der Waals surface area contributed by atoms with Crippen molar-refractivity contribution in [1.29, 1.82) is 0 Å². The highest BCUT2D eigenvalue weighted by Crippen LogP contribution is 2.37. The third-order valence-corrected chi connectivity index (χ3v) is 6.63. The van der Waals surface area contributed by atoms with Crippen LogP contribution in [0.1, 0.15) is 57.8 Å². The van der Waals surface area contributed by atoms with Gasteiger partial charge < -0.3 is 4.90 Å². The minimum Gasteiger partial charge on any atom is -0.301 e. The second kappa shape index (κ2) is 7.02. The lowest BCUT2D eigenvalue weighted by Gasteiger charge is -2.36. The van der Waals surface area contributed by atoms with E-state index in [2.05, 4.69) is 9.80 Å². The summed E-state index contributed by atoms with van der Waals surface area (Å²) in [4.78, 5) is 5.52. The fraction of sp³-hybridized carbons (Fsp3) is 1.00. The van der Waals surface area contributed by atoms with Crippen LogP contribution in [0.15, 0.2) is 0 Å². The van der Waals surface area contributed by atoms with Gasteiger partial charge in [-0.25, -0.2) is 0 Å². The van der Waals surface area contributed by atoms with Crippen LogP contribution in [0.5, 0.6) is 0 Å². The fourth-order valence-electron chi connectivity index (χ4n) is 4.68. The Morgan fingerprint density at radius 1 is 0.900 bits per heavy atom. The second-order valence-corrected chi connectivity index (χ2v) is 7.81. The molecule has 116 valence electrons. The van der Waals surface area contributed by atoms with Crippen LogP contribution >= 0.6 is 12.6 Å². The quantitative estimate of drug-likeness (QED) is 0.627. The lowest BCUT2D eigenvalue weighted by Crippen LogP contribution is -2.40. The first kappa shape index (κ1) is 15.2. The predicted octanol–water partition coefficient (Wildman–Crippen LogP) is 3.43. The van der Waals surface area contributed by atoms with Crippen molar-refractivity contribution >= 4 is 12.6 Å². The van der Waals surface area contributed by atoms with E-state index in [1.54, 1.807) is 0 Å². The summed E-state index contributed by atoms with van der Waals surface area (Å²) in [6, 6.07) is 0.861. The smallest absolute Gasteiger partial charge is 0.0235 e. The van der Waals surface area contributed by atoms with Crippen LogP contribution < -0.4 is 0 Å². The molecule has 0 aromatic carbocycles. The SMILES string of the molecule is SCC1(CN2CCC(N3CCCC3)C2)CCCCCC1. The molecule has 3 heteroatoms. The van der Waals surface area contributed by atoms with E-state index in [1.165, 1.54) is 90.5 Å². The first-order chi connectivity index (χ1) is 9.81. The molecule has 0 aromatic rings. The molecular formula is C17H32N2S. The fourth-order valence-corrected chi connectivity index (χ4v) is 5.10. The van der Waals surface area contributed by atoms with Crippen LogP contribution in [0.4, 0.5) is 0 Å². The maximum Gasteiger partial charge on any atom is 0.0235 e. The number of likely N-dealkylation sites (tertiary alicyclic amines) is 2. The number of thiol groups is 1. The molecule has 0 N–H and O–H groups in total. The Morgan fingerprint density at radius 2 is 1.60 bits per heavy atom. The second-order valence-electron chi connectivity index (χ2n) is 7.49. The topological polar surface area (TPSA) is 6.48 Å². The summed E-state index contributed by atoms with van der Waals surface area (Å²) in [7, 11) is 0. The molecule has 0 bridgehead atoms. The molecule has 1 unspecified atom stereocenters. The molecule has 2 nitrogen and oxygen atoms in total. The zero-order valence-corrected chi connectivity index (χ0v) is 13.9. The van der Waals surface area contributed by atoms with Crippen molar-refractivity contribution in [3.8, 4) is 0 Å². The summed E-state index contributed by atoms with van der Waals surface area (Å²) >= 11 is 4.74. The first-order valence-electron chi connectivity index (χ1n) is 8.89. The molecule has 1 aliphatic carbocycles. The number of hydrogen-bond donors (Lipinski definition) is 1. The summed E-state index contributed by atoms with van der Waals surface area (Å²) < 4.78 is 0. The molecule has 0 spiro atoms. The molecule has 1 saturated carbocycles. The molecule has 2 saturated heterocycles. The Hall–Kier alpha value is 0.270. The van der Waals surface area contributed by atoms with E-state index in [0.29, 0.717) is 5.41 Å². The molecular weight excluding hydrogens is 264 g/mol. The van der Waals surface area contributed by atoms with Crippen molar-refractivity contribution in [2.24, 2.45) is 5.41 Å².